The molecular weight excluding hydrogens is 467 g/mol. The molecule has 0 bridgehead atoms. The largest absolute Gasteiger partial charge is 0.418 e. The van der Waals surface area contributed by atoms with Gasteiger partial charge in [0.05, 0.1) is 17.4 Å². The first-order chi connectivity index (χ1) is 16.1. The van der Waals surface area contributed by atoms with E-state index in [9.17, 15) is 21.6 Å². The summed E-state index contributed by atoms with van der Waals surface area (Å²) in [4.78, 5) is -0.247. The van der Waals surface area contributed by atoms with Crippen molar-refractivity contribution in [2.75, 3.05) is 24.1 Å². The van der Waals surface area contributed by atoms with Gasteiger partial charge in [-0.15, -0.1) is 0 Å². The lowest BCUT2D eigenvalue weighted by Gasteiger charge is -2.28. The summed E-state index contributed by atoms with van der Waals surface area (Å²) in [6, 6.07) is 11.7. The maximum atomic E-state index is 13.7. The van der Waals surface area contributed by atoms with Gasteiger partial charge in [-0.1, -0.05) is 26.0 Å². The monoisotopic (exact) mass is 493 g/mol. The summed E-state index contributed by atoms with van der Waals surface area (Å²) < 4.78 is 76.2. The van der Waals surface area contributed by atoms with E-state index in [0.717, 1.165) is 23.2 Å². The Morgan fingerprint density at radius 2 is 1.91 bits per heavy atom. The molecule has 182 valence electrons. The van der Waals surface area contributed by atoms with Gasteiger partial charge in [-0.05, 0) is 55.0 Å². The second-order valence-electron chi connectivity index (χ2n) is 8.89. The molecule has 34 heavy (non-hydrogen) atoms. The van der Waals surface area contributed by atoms with E-state index in [1.165, 1.54) is 24.3 Å². The fraction of sp³-hybridized carbons (Fsp3) is 0.458. The van der Waals surface area contributed by atoms with Crippen molar-refractivity contribution in [1.82, 2.24) is 9.78 Å². The number of rotatable bonds is 7. The molecule has 10 heteroatoms. The van der Waals surface area contributed by atoms with Crippen molar-refractivity contribution in [1.29, 1.82) is 0 Å². The van der Waals surface area contributed by atoms with E-state index in [2.05, 4.69) is 17.2 Å². The number of aromatic nitrogens is 2. The first kappa shape index (κ1) is 24.4. The molecule has 0 amide bonds. The van der Waals surface area contributed by atoms with Gasteiger partial charge < -0.3 is 4.74 Å². The number of hydrogen-bond donors (Lipinski definition) is 0. The molecule has 2 aromatic carbocycles. The van der Waals surface area contributed by atoms with Crippen LogP contribution in [0.2, 0.25) is 0 Å². The van der Waals surface area contributed by atoms with Crippen LogP contribution < -0.4 is 4.31 Å². The number of alkyl halides is 3. The molecule has 6 nitrogen and oxygen atoms in total. The molecule has 0 saturated carbocycles. The molecule has 2 heterocycles. The van der Waals surface area contributed by atoms with Gasteiger partial charge in [0.2, 0.25) is 0 Å². The Bertz CT molecular complexity index is 1250. The Balaban J connectivity index is 1.72. The van der Waals surface area contributed by atoms with E-state index >= 15 is 0 Å². The third-order valence-electron chi connectivity index (χ3n) is 5.81. The third kappa shape index (κ3) is 5.00. The molecule has 0 aliphatic carbocycles. The number of halogens is 3. The zero-order valence-corrected chi connectivity index (χ0v) is 19.8. The summed E-state index contributed by atoms with van der Waals surface area (Å²) in [7, 11) is -4.35. The molecule has 0 unspecified atom stereocenters. The molecule has 1 fully saturated rings. The standard InChI is InChI=1S/C24H26F3N3O3S/c1-17(2)15-30(23-6-4-3-5-21(23)24(25,26)27)34(31,32)20-7-8-22-19(13-20)14-28-29(22)16-18-9-11-33-12-10-18/h3-6,13-14,17-18H,9-12,15-16H2,1-2H3. The first-order valence-electron chi connectivity index (χ1n) is 11.1. The quantitative estimate of drug-likeness (QED) is 0.468. The van der Waals surface area contributed by atoms with E-state index < -0.39 is 27.5 Å². The number of para-hydroxylation sites is 1. The Kier molecular flexibility index (Phi) is 6.78. The van der Waals surface area contributed by atoms with Gasteiger partial charge in [-0.25, -0.2) is 8.42 Å². The minimum atomic E-state index is -4.70. The molecule has 1 aliphatic heterocycles. The van der Waals surface area contributed by atoms with Crippen molar-refractivity contribution in [3.63, 3.8) is 0 Å². The Labute approximate surface area is 197 Å². The fourth-order valence-electron chi connectivity index (χ4n) is 4.10. The van der Waals surface area contributed by atoms with E-state index in [-0.39, 0.29) is 17.4 Å². The van der Waals surface area contributed by atoms with Crippen molar-refractivity contribution < 1.29 is 26.3 Å². The van der Waals surface area contributed by atoms with Crippen molar-refractivity contribution in [3.8, 4) is 0 Å². The summed E-state index contributed by atoms with van der Waals surface area (Å²) in [6.45, 7) is 5.43. The lowest BCUT2D eigenvalue weighted by molar-refractivity contribution is -0.137. The molecule has 1 aromatic heterocycles. The van der Waals surface area contributed by atoms with Crippen molar-refractivity contribution in [2.24, 2.45) is 11.8 Å². The van der Waals surface area contributed by atoms with Crippen LogP contribution in [-0.4, -0.2) is 38.0 Å². The topological polar surface area (TPSA) is 64.4 Å². The maximum Gasteiger partial charge on any atom is 0.418 e. The zero-order valence-electron chi connectivity index (χ0n) is 19.0. The number of nitrogens with zero attached hydrogens (tertiary/aromatic N) is 3. The van der Waals surface area contributed by atoms with Crippen molar-refractivity contribution >= 4 is 26.6 Å². The molecule has 4 rings (SSSR count). The summed E-state index contributed by atoms with van der Waals surface area (Å²) in [5, 5.41) is 4.92. The van der Waals surface area contributed by atoms with E-state index in [1.807, 2.05) is 0 Å². The average molecular weight is 494 g/mol. The summed E-state index contributed by atoms with van der Waals surface area (Å²) >= 11 is 0. The molecule has 3 aromatic rings. The number of anilines is 1. The van der Waals surface area contributed by atoms with Crippen LogP contribution in [0.5, 0.6) is 0 Å². The maximum absolute atomic E-state index is 13.7. The van der Waals surface area contributed by atoms with Gasteiger partial charge in [0.1, 0.15) is 10.4 Å². The molecule has 0 N–H and O–H groups in total. The molecular formula is C24H26F3N3O3S. The highest BCUT2D eigenvalue weighted by atomic mass is 32.2. The van der Waals surface area contributed by atoms with Crippen LogP contribution in [0, 0.1) is 24.0 Å². The van der Waals surface area contributed by atoms with Gasteiger partial charge in [0.25, 0.3) is 10.0 Å². The minimum absolute atomic E-state index is 0.121. The number of ether oxygens (including phenoxy) is 1. The van der Waals surface area contributed by atoms with Gasteiger partial charge in [-0.3, -0.25) is 8.99 Å². The molecule has 1 aliphatic rings. The van der Waals surface area contributed by atoms with Crippen LogP contribution in [0.3, 0.4) is 0 Å². The van der Waals surface area contributed by atoms with Crippen molar-refractivity contribution in [2.45, 2.75) is 44.3 Å². The first-order valence-corrected chi connectivity index (χ1v) is 12.6. The average Bonchev–Trinajstić information content (AvgIpc) is 3.19. The summed E-state index contributed by atoms with van der Waals surface area (Å²) in [6.07, 6.45) is -1.32. The number of sulfonamides is 1. The molecule has 1 saturated heterocycles. The van der Waals surface area contributed by atoms with Crippen LogP contribution >= 0.6 is 0 Å². The lowest BCUT2D eigenvalue weighted by atomic mass is 10.0. The number of benzene rings is 1. The lowest BCUT2D eigenvalue weighted by Crippen LogP contribution is -2.35. The molecule has 0 atom stereocenters. The fourth-order valence-corrected chi connectivity index (χ4v) is 5.70. The van der Waals surface area contributed by atoms with Crippen LogP contribution in [0.4, 0.5) is 18.9 Å². The second kappa shape index (κ2) is 9.47. The van der Waals surface area contributed by atoms with Gasteiger partial charge >= 0.3 is 6.18 Å². The minimum Gasteiger partial charge on any atom is -0.381 e. The predicted octanol–water partition coefficient (Wildman–Crippen LogP) is 4.93. The van der Waals surface area contributed by atoms with Crippen molar-refractivity contribution in [3.05, 3.63) is 54.2 Å². The third-order valence-corrected chi connectivity index (χ3v) is 7.51. The number of fused-ring (bicyclic) bond motifs is 1. The Morgan fingerprint density at radius 1 is 1.21 bits per heavy atom. The van der Waals surface area contributed by atoms with Crippen LogP contribution in [0.1, 0.15) is 32.3 Å². The van der Waals surface area contributed by atoms with Crippen LogP contribution in [-0.2, 0) is 27.5 Å². The SMILES string of the molecule is CC(C)CN(c1ccccc1C(F)(F)F)S(=O)(=O)c1c#cc2c(cnn2CC2CCOCC2)c1. The van der Waals surface area contributed by atoms with Crippen LogP contribution in [0.15, 0.2) is 41.4 Å². The summed E-state index contributed by atoms with van der Waals surface area (Å²) in [5.41, 5.74) is -0.808. The molecule has 0 radical (unpaired) electrons. The van der Waals surface area contributed by atoms with Gasteiger partial charge in [0.15, 0.2) is 0 Å². The normalized spacial score (nSPS) is 15.6. The Morgan fingerprint density at radius 3 is 2.59 bits per heavy atom. The van der Waals surface area contributed by atoms with E-state index in [0.29, 0.717) is 36.6 Å². The van der Waals surface area contributed by atoms with E-state index in [1.54, 1.807) is 24.7 Å². The smallest absolute Gasteiger partial charge is 0.381 e. The highest BCUT2D eigenvalue weighted by Crippen LogP contribution is 2.38. The highest BCUT2D eigenvalue weighted by Gasteiger charge is 2.38. The number of hydrogen-bond acceptors (Lipinski definition) is 4. The predicted molar refractivity (Wildman–Crippen MR) is 122 cm³/mol. The zero-order chi connectivity index (χ0) is 24.5. The Hall–Kier alpha value is -2.77. The van der Waals surface area contributed by atoms with Crippen LogP contribution in [0.25, 0.3) is 10.9 Å². The van der Waals surface area contributed by atoms with Gasteiger partial charge in [0, 0.05) is 31.7 Å². The second-order valence-corrected chi connectivity index (χ2v) is 10.7. The van der Waals surface area contributed by atoms with Gasteiger partial charge in [-0.2, -0.15) is 18.3 Å². The summed E-state index contributed by atoms with van der Waals surface area (Å²) in [5.74, 6) is 0.181. The molecule has 0 spiro atoms. The highest BCUT2D eigenvalue weighted by molar-refractivity contribution is 7.92. The van der Waals surface area contributed by atoms with E-state index in [4.69, 9.17) is 4.74 Å².